The maximum absolute atomic E-state index is 11.2. The minimum Gasteiger partial charge on any atom is -0.464 e. The molecule has 0 aromatic carbocycles. The molecule has 2 N–H and O–H groups in total. The molecule has 0 bridgehead atoms. The SMILES string of the molecule is CCOC(=O)C(C)OP(CCN)OC. The standard InChI is InChI=1S/C8H18NO4P/c1-4-12-8(10)7(2)13-14(11-3)6-5-9/h7H,4-6,9H2,1-3H3. The molecule has 0 saturated carbocycles. The third-order valence-electron chi connectivity index (χ3n) is 1.41. The van der Waals surface area contributed by atoms with Gasteiger partial charge in [0.15, 0.2) is 14.5 Å². The Morgan fingerprint density at radius 2 is 2.21 bits per heavy atom. The van der Waals surface area contributed by atoms with Gasteiger partial charge in [-0.3, -0.25) is 0 Å². The summed E-state index contributed by atoms with van der Waals surface area (Å²) in [5, 5.41) is 0. The van der Waals surface area contributed by atoms with Gasteiger partial charge in [0, 0.05) is 19.8 Å². The Balaban J connectivity index is 3.88. The number of carbonyl (C=O) groups is 1. The zero-order valence-electron chi connectivity index (χ0n) is 8.86. The summed E-state index contributed by atoms with van der Waals surface area (Å²) < 4.78 is 15.2. The second-order valence-corrected chi connectivity index (χ2v) is 4.22. The molecule has 0 aliphatic heterocycles. The third kappa shape index (κ3) is 5.50. The van der Waals surface area contributed by atoms with Crippen LogP contribution in [0.1, 0.15) is 13.8 Å². The summed E-state index contributed by atoms with van der Waals surface area (Å²) in [5.74, 6) is -0.367. The van der Waals surface area contributed by atoms with Crippen LogP contribution in [0.25, 0.3) is 0 Å². The quantitative estimate of drug-likeness (QED) is 0.512. The minimum absolute atomic E-state index is 0.355. The molecule has 0 radical (unpaired) electrons. The van der Waals surface area contributed by atoms with Crippen LogP contribution >= 0.6 is 8.38 Å². The van der Waals surface area contributed by atoms with Crippen LogP contribution in [0.5, 0.6) is 0 Å². The smallest absolute Gasteiger partial charge is 0.335 e. The molecule has 0 aromatic rings. The van der Waals surface area contributed by atoms with Gasteiger partial charge in [-0.15, -0.1) is 0 Å². The zero-order valence-corrected chi connectivity index (χ0v) is 9.75. The Kier molecular flexibility index (Phi) is 7.99. The molecule has 6 heteroatoms. The van der Waals surface area contributed by atoms with Crippen molar-refractivity contribution < 1.29 is 18.6 Å². The van der Waals surface area contributed by atoms with Crippen LogP contribution in [-0.4, -0.2) is 38.5 Å². The summed E-state index contributed by atoms with van der Waals surface area (Å²) in [6.45, 7) is 4.23. The third-order valence-corrected chi connectivity index (χ3v) is 2.99. The largest absolute Gasteiger partial charge is 0.464 e. The van der Waals surface area contributed by atoms with Gasteiger partial charge in [-0.2, -0.15) is 0 Å². The van der Waals surface area contributed by atoms with Crippen LogP contribution in [0.3, 0.4) is 0 Å². The lowest BCUT2D eigenvalue weighted by molar-refractivity contribution is -0.150. The Bertz CT molecular complexity index is 167. The molecule has 0 fully saturated rings. The summed E-state index contributed by atoms with van der Waals surface area (Å²) in [6, 6.07) is 0. The Labute approximate surface area is 85.8 Å². The first-order valence-electron chi connectivity index (χ1n) is 4.50. The second-order valence-electron chi connectivity index (χ2n) is 2.53. The number of nitrogens with two attached hydrogens (primary N) is 1. The summed E-state index contributed by atoms with van der Waals surface area (Å²) in [6.07, 6.45) is 0.0304. The molecule has 2 atom stereocenters. The number of ether oxygens (including phenoxy) is 1. The van der Waals surface area contributed by atoms with Crippen LogP contribution in [0.4, 0.5) is 0 Å². The normalized spacial score (nSPS) is 14.9. The van der Waals surface area contributed by atoms with E-state index in [1.807, 2.05) is 0 Å². The number of carbonyl (C=O) groups excluding carboxylic acids is 1. The first-order chi connectivity index (χ1) is 6.65. The van der Waals surface area contributed by atoms with Crippen LogP contribution in [0.15, 0.2) is 0 Å². The van der Waals surface area contributed by atoms with Crippen LogP contribution < -0.4 is 5.73 Å². The minimum atomic E-state index is -1.07. The fourth-order valence-electron chi connectivity index (χ4n) is 0.771. The highest BCUT2D eigenvalue weighted by molar-refractivity contribution is 7.47. The predicted octanol–water partition coefficient (Wildman–Crippen LogP) is 0.872. The van der Waals surface area contributed by atoms with Gasteiger partial charge in [-0.05, 0) is 13.8 Å². The van der Waals surface area contributed by atoms with Gasteiger partial charge >= 0.3 is 5.97 Å². The van der Waals surface area contributed by atoms with Gasteiger partial charge in [0.1, 0.15) is 0 Å². The van der Waals surface area contributed by atoms with Crippen molar-refractivity contribution in [2.24, 2.45) is 5.73 Å². The first-order valence-corrected chi connectivity index (χ1v) is 5.87. The van der Waals surface area contributed by atoms with E-state index in [0.717, 1.165) is 0 Å². The van der Waals surface area contributed by atoms with E-state index in [1.54, 1.807) is 21.0 Å². The van der Waals surface area contributed by atoms with E-state index >= 15 is 0 Å². The van der Waals surface area contributed by atoms with Crippen LogP contribution in [0, 0.1) is 0 Å². The van der Waals surface area contributed by atoms with E-state index < -0.39 is 14.5 Å². The van der Waals surface area contributed by atoms with Crippen molar-refractivity contribution in [3.63, 3.8) is 0 Å². The fraction of sp³-hybridized carbons (Fsp3) is 0.875. The molecule has 0 spiro atoms. The Hall–Kier alpha value is -0.220. The summed E-state index contributed by atoms with van der Waals surface area (Å²) in [4.78, 5) is 11.2. The molecule has 84 valence electrons. The van der Waals surface area contributed by atoms with Gasteiger partial charge in [0.05, 0.1) is 6.61 Å². The molecule has 0 saturated heterocycles. The molecule has 0 amide bonds. The summed E-state index contributed by atoms with van der Waals surface area (Å²) in [5.41, 5.74) is 5.36. The van der Waals surface area contributed by atoms with E-state index in [1.165, 1.54) is 0 Å². The van der Waals surface area contributed by atoms with Crippen LogP contribution in [-0.2, 0) is 18.6 Å². The molecule has 0 rings (SSSR count). The number of rotatable bonds is 7. The highest BCUT2D eigenvalue weighted by atomic mass is 31.2. The van der Waals surface area contributed by atoms with Gasteiger partial charge in [0.2, 0.25) is 0 Å². The van der Waals surface area contributed by atoms with E-state index in [-0.39, 0.29) is 5.97 Å². The lowest BCUT2D eigenvalue weighted by Gasteiger charge is -2.18. The molecule has 0 aliphatic carbocycles. The number of hydrogen-bond donors (Lipinski definition) is 1. The highest BCUT2D eigenvalue weighted by Gasteiger charge is 2.19. The molecular formula is C8H18NO4P. The molecule has 14 heavy (non-hydrogen) atoms. The lowest BCUT2D eigenvalue weighted by atomic mass is 10.4. The molecule has 5 nitrogen and oxygen atoms in total. The maximum atomic E-state index is 11.2. The van der Waals surface area contributed by atoms with Crippen molar-refractivity contribution in [1.82, 2.24) is 0 Å². The topological polar surface area (TPSA) is 70.8 Å². The van der Waals surface area contributed by atoms with Crippen molar-refractivity contribution in [2.45, 2.75) is 20.0 Å². The zero-order chi connectivity index (χ0) is 11.0. The number of esters is 1. The monoisotopic (exact) mass is 223 g/mol. The highest BCUT2D eigenvalue weighted by Crippen LogP contribution is 2.37. The Morgan fingerprint density at radius 3 is 2.64 bits per heavy atom. The van der Waals surface area contributed by atoms with Gasteiger partial charge in [0.25, 0.3) is 0 Å². The van der Waals surface area contributed by atoms with Crippen molar-refractivity contribution in [3.05, 3.63) is 0 Å². The first kappa shape index (κ1) is 13.8. The van der Waals surface area contributed by atoms with Crippen molar-refractivity contribution >= 4 is 14.3 Å². The molecular weight excluding hydrogens is 205 g/mol. The van der Waals surface area contributed by atoms with E-state index in [0.29, 0.717) is 19.3 Å². The lowest BCUT2D eigenvalue weighted by Crippen LogP contribution is -2.22. The van der Waals surface area contributed by atoms with Crippen LogP contribution in [0.2, 0.25) is 0 Å². The van der Waals surface area contributed by atoms with Gasteiger partial charge < -0.3 is 19.5 Å². The second kappa shape index (κ2) is 8.12. The van der Waals surface area contributed by atoms with Gasteiger partial charge in [-0.1, -0.05) is 0 Å². The van der Waals surface area contributed by atoms with Crippen molar-refractivity contribution in [3.8, 4) is 0 Å². The number of hydrogen-bond acceptors (Lipinski definition) is 5. The molecule has 0 aliphatic rings. The average molecular weight is 223 g/mol. The van der Waals surface area contributed by atoms with E-state index in [9.17, 15) is 4.79 Å². The van der Waals surface area contributed by atoms with E-state index in [2.05, 4.69) is 0 Å². The van der Waals surface area contributed by atoms with Crippen molar-refractivity contribution in [2.75, 3.05) is 26.4 Å². The predicted molar refractivity (Wildman–Crippen MR) is 55.0 cm³/mol. The Morgan fingerprint density at radius 1 is 1.57 bits per heavy atom. The summed E-state index contributed by atoms with van der Waals surface area (Å²) >= 11 is 0. The van der Waals surface area contributed by atoms with Gasteiger partial charge in [-0.25, -0.2) is 4.79 Å². The van der Waals surface area contributed by atoms with Crippen molar-refractivity contribution in [1.29, 1.82) is 0 Å². The maximum Gasteiger partial charge on any atom is 0.335 e. The molecule has 0 heterocycles. The van der Waals surface area contributed by atoms with E-state index in [4.69, 9.17) is 19.5 Å². The fourth-order valence-corrected chi connectivity index (χ4v) is 1.80. The molecule has 0 aromatic heterocycles. The average Bonchev–Trinajstić information content (AvgIpc) is 2.17. The molecule has 2 unspecified atom stereocenters. The summed E-state index contributed by atoms with van der Waals surface area (Å²) in [7, 11) is 0.474.